The molecule has 0 fully saturated rings. The number of hydrogen-bond donors (Lipinski definition) is 1. The summed E-state index contributed by atoms with van der Waals surface area (Å²) in [5.74, 6) is -0.280. The molecule has 0 aromatic carbocycles. The van der Waals surface area contributed by atoms with E-state index < -0.39 is 5.97 Å². The summed E-state index contributed by atoms with van der Waals surface area (Å²) in [6, 6.07) is 1.10. The third kappa shape index (κ3) is 1.52. The molecule has 6 heteroatoms. The fraction of sp³-hybridized carbons (Fsp3) is 0.375. The van der Waals surface area contributed by atoms with Crippen molar-refractivity contribution in [3.8, 4) is 0 Å². The minimum Gasteiger partial charge on any atom is -0.481 e. The Kier molecular flexibility index (Phi) is 2.28. The van der Waals surface area contributed by atoms with Gasteiger partial charge in [0.05, 0.1) is 12.5 Å². The van der Waals surface area contributed by atoms with Crippen molar-refractivity contribution >= 4 is 17.7 Å². The second-order valence-corrected chi connectivity index (χ2v) is 3.99. The number of aliphatic carboxylic acids is 1. The van der Waals surface area contributed by atoms with Crippen LogP contribution in [0.4, 0.5) is 0 Å². The topological polar surface area (TPSA) is 72.2 Å². The van der Waals surface area contributed by atoms with Gasteiger partial charge in [-0.05, 0) is 0 Å². The van der Waals surface area contributed by atoms with Crippen LogP contribution in [0, 0.1) is 0 Å². The Morgan fingerprint density at radius 1 is 1.79 bits per heavy atom. The second-order valence-electron chi connectivity index (χ2n) is 3.00. The summed E-state index contributed by atoms with van der Waals surface area (Å²) in [4.78, 5) is 26.0. The highest BCUT2D eigenvalue weighted by atomic mass is 32.2. The first-order valence-corrected chi connectivity index (χ1v) is 5.09. The molecular formula is C8H8N2O3S. The van der Waals surface area contributed by atoms with Crippen molar-refractivity contribution in [3.63, 3.8) is 0 Å². The summed E-state index contributed by atoms with van der Waals surface area (Å²) in [6.07, 6.45) is 1.43. The van der Waals surface area contributed by atoms with E-state index in [9.17, 15) is 9.59 Å². The molecule has 1 aromatic heterocycles. The van der Waals surface area contributed by atoms with E-state index in [1.165, 1.54) is 28.6 Å². The number of thioether (sulfide) groups is 1. The fourth-order valence-corrected chi connectivity index (χ4v) is 2.56. The predicted octanol–water partition coefficient (Wildman–Crippen LogP) is 0.365. The number of carboxylic acid groups (broad SMARTS) is 1. The predicted molar refractivity (Wildman–Crippen MR) is 50.5 cm³/mol. The smallest absolute Gasteiger partial charge is 0.305 e. The van der Waals surface area contributed by atoms with Gasteiger partial charge in [0.25, 0.3) is 5.56 Å². The molecule has 1 N–H and O–H groups in total. The average Bonchev–Trinajstić information content (AvgIpc) is 2.49. The van der Waals surface area contributed by atoms with Gasteiger partial charge >= 0.3 is 5.97 Å². The lowest BCUT2D eigenvalue weighted by Gasteiger charge is -2.09. The first-order chi connectivity index (χ1) is 6.68. The Balaban J connectivity index is 2.38. The Morgan fingerprint density at radius 3 is 3.29 bits per heavy atom. The average molecular weight is 212 g/mol. The monoisotopic (exact) mass is 212 g/mol. The van der Waals surface area contributed by atoms with Gasteiger partial charge in [0.2, 0.25) is 0 Å². The number of fused-ring (bicyclic) bond motifs is 1. The summed E-state index contributed by atoms with van der Waals surface area (Å²) in [6.45, 7) is 0. The number of aromatic nitrogens is 2. The van der Waals surface area contributed by atoms with Gasteiger partial charge in [0.1, 0.15) is 0 Å². The maximum absolute atomic E-state index is 11.4. The molecule has 0 radical (unpaired) electrons. The molecule has 14 heavy (non-hydrogen) atoms. The molecule has 1 aliphatic heterocycles. The zero-order chi connectivity index (χ0) is 10.1. The van der Waals surface area contributed by atoms with E-state index in [2.05, 4.69) is 4.98 Å². The Hall–Kier alpha value is -1.30. The molecule has 0 saturated heterocycles. The summed E-state index contributed by atoms with van der Waals surface area (Å²) >= 11 is 1.42. The van der Waals surface area contributed by atoms with Crippen molar-refractivity contribution in [3.05, 3.63) is 22.6 Å². The lowest BCUT2D eigenvalue weighted by Crippen LogP contribution is -2.24. The van der Waals surface area contributed by atoms with E-state index in [4.69, 9.17) is 5.11 Å². The zero-order valence-corrected chi connectivity index (χ0v) is 8.03. The first-order valence-electron chi connectivity index (χ1n) is 4.10. The highest BCUT2D eigenvalue weighted by Crippen LogP contribution is 2.31. The van der Waals surface area contributed by atoms with Gasteiger partial charge in [-0.2, -0.15) is 0 Å². The second kappa shape index (κ2) is 3.45. The van der Waals surface area contributed by atoms with Gasteiger partial charge < -0.3 is 5.11 Å². The minimum absolute atomic E-state index is 0.0222. The largest absolute Gasteiger partial charge is 0.481 e. The normalized spacial score (nSPS) is 19.3. The van der Waals surface area contributed by atoms with Crippen molar-refractivity contribution in [1.82, 2.24) is 9.55 Å². The van der Waals surface area contributed by atoms with Gasteiger partial charge in [0.15, 0.2) is 5.16 Å². The Bertz CT molecular complexity index is 429. The lowest BCUT2D eigenvalue weighted by molar-refractivity contribution is -0.137. The molecule has 1 aliphatic rings. The zero-order valence-electron chi connectivity index (χ0n) is 7.21. The molecule has 5 nitrogen and oxygen atoms in total. The van der Waals surface area contributed by atoms with E-state index >= 15 is 0 Å². The minimum atomic E-state index is -0.890. The maximum Gasteiger partial charge on any atom is 0.305 e. The number of rotatable bonds is 2. The molecule has 1 atom stereocenters. The van der Waals surface area contributed by atoms with Crippen LogP contribution in [-0.2, 0) is 4.79 Å². The van der Waals surface area contributed by atoms with Crippen molar-refractivity contribution < 1.29 is 9.90 Å². The quantitative estimate of drug-likeness (QED) is 0.717. The van der Waals surface area contributed by atoms with Crippen LogP contribution in [-0.4, -0.2) is 26.4 Å². The van der Waals surface area contributed by atoms with Crippen molar-refractivity contribution in [2.75, 3.05) is 5.75 Å². The van der Waals surface area contributed by atoms with Gasteiger partial charge in [-0.25, -0.2) is 4.98 Å². The highest BCUT2D eigenvalue weighted by molar-refractivity contribution is 7.99. The van der Waals surface area contributed by atoms with Gasteiger partial charge in [-0.3, -0.25) is 14.2 Å². The molecule has 0 aliphatic carbocycles. The summed E-state index contributed by atoms with van der Waals surface area (Å²) in [5, 5.41) is 9.26. The molecule has 0 saturated carbocycles. The summed E-state index contributed by atoms with van der Waals surface area (Å²) < 4.78 is 1.46. The van der Waals surface area contributed by atoms with Gasteiger partial charge in [0, 0.05) is 18.0 Å². The van der Waals surface area contributed by atoms with Crippen LogP contribution >= 0.6 is 11.8 Å². The van der Waals surface area contributed by atoms with E-state index in [1.807, 2.05) is 0 Å². The van der Waals surface area contributed by atoms with E-state index in [-0.39, 0.29) is 18.0 Å². The number of nitrogens with zero attached hydrogens (tertiary/aromatic N) is 2. The van der Waals surface area contributed by atoms with Crippen LogP contribution in [0.1, 0.15) is 12.5 Å². The molecule has 1 unspecified atom stereocenters. The third-order valence-corrected chi connectivity index (χ3v) is 3.14. The third-order valence-electron chi connectivity index (χ3n) is 2.03. The molecule has 74 valence electrons. The molecule has 2 heterocycles. The molecule has 1 aromatic rings. The van der Waals surface area contributed by atoms with Crippen molar-refractivity contribution in [2.24, 2.45) is 0 Å². The molecule has 0 bridgehead atoms. The number of carboxylic acids is 1. The molecule has 2 rings (SSSR count). The van der Waals surface area contributed by atoms with Crippen LogP contribution < -0.4 is 5.56 Å². The van der Waals surface area contributed by atoms with Crippen LogP contribution in [0.15, 0.2) is 22.2 Å². The van der Waals surface area contributed by atoms with Crippen LogP contribution in [0.5, 0.6) is 0 Å². The SMILES string of the molecule is O=C(O)CC1CSc2nccc(=O)n21. The van der Waals surface area contributed by atoms with Crippen molar-refractivity contribution in [1.29, 1.82) is 0 Å². The molecule has 0 spiro atoms. The van der Waals surface area contributed by atoms with Gasteiger partial charge in [-0.15, -0.1) is 0 Å². The number of carbonyl (C=O) groups is 1. The Labute approximate surface area is 83.8 Å². The summed E-state index contributed by atoms with van der Waals surface area (Å²) in [5.41, 5.74) is -0.175. The first kappa shape index (κ1) is 9.26. The lowest BCUT2D eigenvalue weighted by atomic mass is 10.2. The fourth-order valence-electron chi connectivity index (χ4n) is 1.44. The van der Waals surface area contributed by atoms with E-state index in [0.29, 0.717) is 10.9 Å². The highest BCUT2D eigenvalue weighted by Gasteiger charge is 2.26. The maximum atomic E-state index is 11.4. The molecule has 0 amide bonds. The van der Waals surface area contributed by atoms with Crippen LogP contribution in [0.3, 0.4) is 0 Å². The van der Waals surface area contributed by atoms with Crippen LogP contribution in [0.25, 0.3) is 0 Å². The van der Waals surface area contributed by atoms with Crippen LogP contribution in [0.2, 0.25) is 0 Å². The Morgan fingerprint density at radius 2 is 2.57 bits per heavy atom. The number of hydrogen-bond acceptors (Lipinski definition) is 4. The standard InChI is InChI=1S/C8H8N2O3S/c11-6-1-2-9-8-10(6)5(4-14-8)3-7(12)13/h1-2,5H,3-4H2,(H,12,13). The van der Waals surface area contributed by atoms with E-state index in [0.717, 1.165) is 0 Å². The molecular weight excluding hydrogens is 204 g/mol. The summed E-state index contributed by atoms with van der Waals surface area (Å²) in [7, 11) is 0. The van der Waals surface area contributed by atoms with Crippen molar-refractivity contribution in [2.45, 2.75) is 17.6 Å². The van der Waals surface area contributed by atoms with E-state index in [1.54, 1.807) is 0 Å². The van der Waals surface area contributed by atoms with Gasteiger partial charge in [-0.1, -0.05) is 11.8 Å².